The third kappa shape index (κ3) is 2.83. The number of hydrogen-bond donors (Lipinski definition) is 0. The molecule has 0 aliphatic carbocycles. The first-order chi connectivity index (χ1) is 9.63. The first-order valence-corrected chi connectivity index (χ1v) is 6.01. The first-order valence-electron chi connectivity index (χ1n) is 6.01. The van der Waals surface area contributed by atoms with Crippen LogP contribution in [0.2, 0.25) is 0 Å². The topological polar surface area (TPSA) is 59.5 Å². The molecule has 5 heteroatoms. The number of hydrogen-bond acceptors (Lipinski definition) is 4. The molecule has 1 amide bonds. The van der Waals surface area contributed by atoms with Gasteiger partial charge in [-0.1, -0.05) is 6.07 Å². The second-order valence-corrected chi connectivity index (χ2v) is 4.12. The molecule has 0 unspecified atom stereocenters. The first kappa shape index (κ1) is 13.7. The fourth-order valence-electron chi connectivity index (χ4n) is 1.72. The van der Waals surface area contributed by atoms with Gasteiger partial charge >= 0.3 is 5.97 Å². The molecule has 0 spiro atoms. The lowest BCUT2D eigenvalue weighted by molar-refractivity contribution is 0.0600. The lowest BCUT2D eigenvalue weighted by Crippen LogP contribution is -2.27. The monoisotopic (exact) mass is 270 g/mol. The van der Waals surface area contributed by atoms with E-state index in [1.807, 2.05) is 6.07 Å². The van der Waals surface area contributed by atoms with Gasteiger partial charge < -0.3 is 4.74 Å². The van der Waals surface area contributed by atoms with Gasteiger partial charge in [0.15, 0.2) is 0 Å². The van der Waals surface area contributed by atoms with Gasteiger partial charge in [0.25, 0.3) is 5.91 Å². The normalized spacial score (nSPS) is 9.90. The van der Waals surface area contributed by atoms with Crippen LogP contribution in [0.25, 0.3) is 0 Å². The van der Waals surface area contributed by atoms with E-state index in [-0.39, 0.29) is 5.91 Å². The minimum atomic E-state index is -0.429. The molecular formula is C15H14N2O3. The number of rotatable bonds is 3. The Bertz CT molecular complexity index is 609. The standard InChI is InChI=1S/C15H14N2O3/c1-17(13-5-3-4-10-16-13)14(18)11-6-8-12(9-7-11)15(19)20-2/h3-10H,1-2H3. The van der Waals surface area contributed by atoms with Gasteiger partial charge in [0.1, 0.15) is 5.82 Å². The van der Waals surface area contributed by atoms with Crippen LogP contribution in [0.4, 0.5) is 5.82 Å². The van der Waals surface area contributed by atoms with E-state index in [9.17, 15) is 9.59 Å². The highest BCUT2D eigenvalue weighted by Gasteiger charge is 2.15. The number of carbonyl (C=O) groups is 2. The smallest absolute Gasteiger partial charge is 0.337 e. The van der Waals surface area contributed by atoms with E-state index in [2.05, 4.69) is 9.72 Å². The molecular weight excluding hydrogens is 256 g/mol. The van der Waals surface area contributed by atoms with E-state index >= 15 is 0 Å². The summed E-state index contributed by atoms with van der Waals surface area (Å²) in [5.74, 6) is -0.0586. The molecule has 0 aliphatic heterocycles. The van der Waals surface area contributed by atoms with E-state index in [4.69, 9.17) is 0 Å². The Hall–Kier alpha value is -2.69. The Labute approximate surface area is 116 Å². The predicted molar refractivity (Wildman–Crippen MR) is 74.8 cm³/mol. The SMILES string of the molecule is COC(=O)c1ccc(C(=O)N(C)c2ccccn2)cc1. The van der Waals surface area contributed by atoms with Gasteiger partial charge in [-0.05, 0) is 36.4 Å². The maximum absolute atomic E-state index is 12.3. The van der Waals surface area contributed by atoms with E-state index in [0.29, 0.717) is 16.9 Å². The lowest BCUT2D eigenvalue weighted by atomic mass is 10.1. The maximum atomic E-state index is 12.3. The van der Waals surface area contributed by atoms with Crippen molar-refractivity contribution in [3.8, 4) is 0 Å². The summed E-state index contributed by atoms with van der Waals surface area (Å²) in [6.07, 6.45) is 1.62. The largest absolute Gasteiger partial charge is 0.465 e. The van der Waals surface area contributed by atoms with E-state index in [1.54, 1.807) is 49.6 Å². The highest BCUT2D eigenvalue weighted by Crippen LogP contribution is 2.13. The molecule has 1 heterocycles. The summed E-state index contributed by atoms with van der Waals surface area (Å²) < 4.78 is 4.61. The Morgan fingerprint density at radius 2 is 1.70 bits per heavy atom. The quantitative estimate of drug-likeness (QED) is 0.802. The summed E-state index contributed by atoms with van der Waals surface area (Å²) in [6, 6.07) is 11.7. The summed E-state index contributed by atoms with van der Waals surface area (Å²) in [5, 5.41) is 0. The molecule has 102 valence electrons. The molecule has 1 aromatic heterocycles. The number of carbonyl (C=O) groups excluding carboxylic acids is 2. The average molecular weight is 270 g/mol. The molecule has 0 aliphatic rings. The van der Waals surface area contributed by atoms with Crippen molar-refractivity contribution in [1.29, 1.82) is 0 Å². The maximum Gasteiger partial charge on any atom is 0.337 e. The van der Waals surface area contributed by atoms with Crippen molar-refractivity contribution in [3.05, 3.63) is 59.8 Å². The zero-order valence-corrected chi connectivity index (χ0v) is 11.2. The third-order valence-corrected chi connectivity index (χ3v) is 2.85. The van der Waals surface area contributed by atoms with Crippen LogP contribution in [0.5, 0.6) is 0 Å². The third-order valence-electron chi connectivity index (χ3n) is 2.85. The molecule has 0 saturated carbocycles. The fraction of sp³-hybridized carbons (Fsp3) is 0.133. The summed E-state index contributed by atoms with van der Waals surface area (Å²) in [7, 11) is 2.97. The molecule has 0 N–H and O–H groups in total. The molecule has 5 nitrogen and oxygen atoms in total. The van der Waals surface area contributed by atoms with Gasteiger partial charge in [0.2, 0.25) is 0 Å². The number of methoxy groups -OCH3 is 1. The number of benzene rings is 1. The highest BCUT2D eigenvalue weighted by atomic mass is 16.5. The predicted octanol–water partition coefficient (Wildman–Crippen LogP) is 2.14. The second-order valence-electron chi connectivity index (χ2n) is 4.12. The van der Waals surface area contributed by atoms with Crippen LogP contribution in [-0.2, 0) is 4.74 Å². The van der Waals surface area contributed by atoms with Gasteiger partial charge in [0.05, 0.1) is 12.7 Å². The molecule has 2 rings (SSSR count). The summed E-state index contributed by atoms with van der Waals surface area (Å²) in [5.41, 5.74) is 0.885. The van der Waals surface area contributed by atoms with Crippen molar-refractivity contribution in [3.63, 3.8) is 0 Å². The average Bonchev–Trinajstić information content (AvgIpc) is 2.53. The van der Waals surface area contributed by atoms with Gasteiger partial charge in [-0.2, -0.15) is 0 Å². The van der Waals surface area contributed by atoms with Crippen LogP contribution in [0.15, 0.2) is 48.7 Å². The van der Waals surface area contributed by atoms with Crippen LogP contribution in [0, 0.1) is 0 Å². The van der Waals surface area contributed by atoms with Gasteiger partial charge in [-0.3, -0.25) is 9.69 Å². The highest BCUT2D eigenvalue weighted by molar-refractivity contribution is 6.05. The van der Waals surface area contributed by atoms with Gasteiger partial charge in [0, 0.05) is 18.8 Å². The number of ether oxygens (including phenoxy) is 1. The number of anilines is 1. The van der Waals surface area contributed by atoms with E-state index in [0.717, 1.165) is 0 Å². The van der Waals surface area contributed by atoms with Crippen molar-refractivity contribution in [1.82, 2.24) is 4.98 Å². The van der Waals surface area contributed by atoms with Crippen LogP contribution < -0.4 is 4.90 Å². The van der Waals surface area contributed by atoms with Crippen molar-refractivity contribution in [2.75, 3.05) is 19.1 Å². The van der Waals surface area contributed by atoms with Crippen molar-refractivity contribution in [2.24, 2.45) is 0 Å². The number of nitrogens with zero attached hydrogens (tertiary/aromatic N) is 2. The van der Waals surface area contributed by atoms with E-state index in [1.165, 1.54) is 12.0 Å². The van der Waals surface area contributed by atoms with Gasteiger partial charge in [-0.15, -0.1) is 0 Å². The van der Waals surface area contributed by atoms with Crippen LogP contribution in [-0.4, -0.2) is 31.0 Å². The molecule has 0 bridgehead atoms. The molecule has 2 aromatic rings. The minimum absolute atomic E-state index is 0.194. The zero-order chi connectivity index (χ0) is 14.5. The number of pyridine rings is 1. The van der Waals surface area contributed by atoms with Crippen LogP contribution in [0.1, 0.15) is 20.7 Å². The summed E-state index contributed by atoms with van der Waals surface area (Å²) in [6.45, 7) is 0. The van der Waals surface area contributed by atoms with Crippen LogP contribution in [0.3, 0.4) is 0 Å². The van der Waals surface area contributed by atoms with Gasteiger partial charge in [-0.25, -0.2) is 9.78 Å². The molecule has 0 radical (unpaired) electrons. The zero-order valence-electron chi connectivity index (χ0n) is 11.2. The Morgan fingerprint density at radius 3 is 2.25 bits per heavy atom. The summed E-state index contributed by atoms with van der Waals surface area (Å²) >= 11 is 0. The van der Waals surface area contributed by atoms with Crippen molar-refractivity contribution >= 4 is 17.7 Å². The molecule has 0 saturated heterocycles. The Balaban J connectivity index is 2.19. The number of aromatic nitrogens is 1. The minimum Gasteiger partial charge on any atom is -0.465 e. The molecule has 0 atom stereocenters. The number of amides is 1. The lowest BCUT2D eigenvalue weighted by Gasteiger charge is -2.16. The van der Waals surface area contributed by atoms with Crippen LogP contribution >= 0.6 is 0 Å². The number of esters is 1. The summed E-state index contributed by atoms with van der Waals surface area (Å²) in [4.78, 5) is 29.2. The Kier molecular flexibility index (Phi) is 4.10. The van der Waals surface area contributed by atoms with Crippen molar-refractivity contribution in [2.45, 2.75) is 0 Å². The molecule has 0 fully saturated rings. The Morgan fingerprint density at radius 1 is 1.05 bits per heavy atom. The van der Waals surface area contributed by atoms with E-state index < -0.39 is 5.97 Å². The fourth-order valence-corrected chi connectivity index (χ4v) is 1.72. The molecule has 1 aromatic carbocycles. The van der Waals surface area contributed by atoms with Crippen molar-refractivity contribution < 1.29 is 14.3 Å². The second kappa shape index (κ2) is 5.97. The molecule has 20 heavy (non-hydrogen) atoms.